The van der Waals surface area contributed by atoms with E-state index in [1.807, 2.05) is 31.2 Å². The van der Waals surface area contributed by atoms with Crippen LogP contribution in [0.15, 0.2) is 42.6 Å². The topological polar surface area (TPSA) is 37.0 Å². The fraction of sp³-hybridized carbons (Fsp3) is 0.250. The van der Waals surface area contributed by atoms with Crippen LogP contribution < -0.4 is 10.6 Å². The van der Waals surface area contributed by atoms with Crippen LogP contribution in [0, 0.1) is 13.8 Å². The van der Waals surface area contributed by atoms with E-state index < -0.39 is 0 Å². The number of hydrogen-bond acceptors (Lipinski definition) is 2. The number of benzene rings is 1. The molecule has 2 N–H and O–H groups in total. The molecule has 0 aliphatic heterocycles. The molecule has 0 unspecified atom stereocenters. The summed E-state index contributed by atoms with van der Waals surface area (Å²) in [6, 6.07) is 12.1. The lowest BCUT2D eigenvalue weighted by molar-refractivity contribution is 0.696. The second kappa shape index (κ2) is 6.48. The van der Waals surface area contributed by atoms with Crippen molar-refractivity contribution in [2.24, 2.45) is 0 Å². The van der Waals surface area contributed by atoms with E-state index >= 15 is 0 Å². The number of pyridine rings is 1. The Morgan fingerprint density at radius 2 is 1.95 bits per heavy atom. The van der Waals surface area contributed by atoms with Gasteiger partial charge in [-0.25, -0.2) is 0 Å². The summed E-state index contributed by atoms with van der Waals surface area (Å²) >= 11 is 5.34. The molecule has 0 saturated carbocycles. The first-order valence-corrected chi connectivity index (χ1v) is 7.03. The summed E-state index contributed by atoms with van der Waals surface area (Å²) in [4.78, 5) is 4.31. The molecule has 2 aromatic rings. The molecule has 0 amide bonds. The van der Waals surface area contributed by atoms with Crippen LogP contribution in [-0.2, 0) is 0 Å². The predicted molar refractivity (Wildman–Crippen MR) is 87.9 cm³/mol. The number of rotatable bonds is 3. The lowest BCUT2D eigenvalue weighted by atomic mass is 10.1. The summed E-state index contributed by atoms with van der Waals surface area (Å²) in [5.41, 5.74) is 4.49. The molecule has 0 bridgehead atoms. The predicted octanol–water partition coefficient (Wildman–Crippen LogP) is 3.75. The SMILES string of the molecule is Cc1ccc(NC(=S)N[C@@H](C)c2ccccn2)cc1C. The maximum atomic E-state index is 5.34. The Hall–Kier alpha value is -1.94. The number of aryl methyl sites for hydroxylation is 2. The van der Waals surface area contributed by atoms with Gasteiger partial charge in [0.15, 0.2) is 5.11 Å². The van der Waals surface area contributed by atoms with Gasteiger partial charge >= 0.3 is 0 Å². The van der Waals surface area contributed by atoms with E-state index in [9.17, 15) is 0 Å². The van der Waals surface area contributed by atoms with Crippen LogP contribution in [0.25, 0.3) is 0 Å². The number of aromatic nitrogens is 1. The number of nitrogens with zero attached hydrogens (tertiary/aromatic N) is 1. The van der Waals surface area contributed by atoms with E-state index in [1.165, 1.54) is 11.1 Å². The number of nitrogens with one attached hydrogen (secondary N) is 2. The second-order valence-corrected chi connectivity index (χ2v) is 5.28. The minimum absolute atomic E-state index is 0.0720. The average Bonchev–Trinajstić information content (AvgIpc) is 2.44. The maximum absolute atomic E-state index is 5.34. The van der Waals surface area contributed by atoms with E-state index in [0.717, 1.165) is 11.4 Å². The largest absolute Gasteiger partial charge is 0.354 e. The zero-order chi connectivity index (χ0) is 14.5. The van der Waals surface area contributed by atoms with Gasteiger partial charge in [-0.3, -0.25) is 4.98 Å². The van der Waals surface area contributed by atoms with Gasteiger partial charge in [-0.2, -0.15) is 0 Å². The Morgan fingerprint density at radius 3 is 2.60 bits per heavy atom. The molecule has 4 heteroatoms. The van der Waals surface area contributed by atoms with Crippen molar-refractivity contribution in [1.29, 1.82) is 0 Å². The molecule has 20 heavy (non-hydrogen) atoms. The van der Waals surface area contributed by atoms with Crippen LogP contribution in [0.5, 0.6) is 0 Å². The molecule has 0 radical (unpaired) electrons. The van der Waals surface area contributed by atoms with Gasteiger partial charge in [-0.05, 0) is 68.4 Å². The summed E-state index contributed by atoms with van der Waals surface area (Å²) < 4.78 is 0. The Morgan fingerprint density at radius 1 is 1.15 bits per heavy atom. The molecular weight excluding hydrogens is 266 g/mol. The Bertz CT molecular complexity index is 596. The molecule has 1 atom stereocenters. The second-order valence-electron chi connectivity index (χ2n) is 4.87. The van der Waals surface area contributed by atoms with Crippen LogP contribution in [0.1, 0.15) is 29.8 Å². The van der Waals surface area contributed by atoms with Crippen molar-refractivity contribution in [2.75, 3.05) is 5.32 Å². The molecule has 0 saturated heterocycles. The molecule has 0 fully saturated rings. The highest BCUT2D eigenvalue weighted by atomic mass is 32.1. The molecule has 104 valence electrons. The van der Waals surface area contributed by atoms with E-state index in [2.05, 4.69) is 41.6 Å². The van der Waals surface area contributed by atoms with Crippen LogP contribution in [0.2, 0.25) is 0 Å². The van der Waals surface area contributed by atoms with Crippen molar-refractivity contribution >= 4 is 23.0 Å². The van der Waals surface area contributed by atoms with E-state index in [1.54, 1.807) is 6.20 Å². The molecule has 0 aliphatic carbocycles. The summed E-state index contributed by atoms with van der Waals surface area (Å²) in [5.74, 6) is 0. The van der Waals surface area contributed by atoms with Gasteiger partial charge in [0.1, 0.15) is 0 Å². The third-order valence-corrected chi connectivity index (χ3v) is 3.46. The van der Waals surface area contributed by atoms with Gasteiger partial charge < -0.3 is 10.6 Å². The van der Waals surface area contributed by atoms with E-state index in [-0.39, 0.29) is 6.04 Å². The number of anilines is 1. The van der Waals surface area contributed by atoms with Gasteiger partial charge in [0.2, 0.25) is 0 Å². The molecule has 1 heterocycles. The fourth-order valence-electron chi connectivity index (χ4n) is 1.89. The summed E-state index contributed by atoms with van der Waals surface area (Å²) in [7, 11) is 0. The lowest BCUT2D eigenvalue weighted by Gasteiger charge is -2.17. The van der Waals surface area contributed by atoms with Crippen molar-refractivity contribution in [1.82, 2.24) is 10.3 Å². The molecule has 0 spiro atoms. The molecule has 0 aliphatic rings. The molecular formula is C16H19N3S. The number of thiocarbonyl (C=S) groups is 1. The van der Waals surface area contributed by atoms with E-state index in [4.69, 9.17) is 12.2 Å². The normalized spacial score (nSPS) is 11.8. The highest BCUT2D eigenvalue weighted by molar-refractivity contribution is 7.80. The van der Waals surface area contributed by atoms with Crippen LogP contribution >= 0.6 is 12.2 Å². The monoisotopic (exact) mass is 285 g/mol. The van der Waals surface area contributed by atoms with E-state index in [0.29, 0.717) is 5.11 Å². The highest BCUT2D eigenvalue weighted by Crippen LogP contribution is 2.14. The summed E-state index contributed by atoms with van der Waals surface area (Å²) in [6.07, 6.45) is 1.79. The molecule has 2 rings (SSSR count). The maximum Gasteiger partial charge on any atom is 0.171 e. The van der Waals surface area contributed by atoms with Gasteiger partial charge in [0.05, 0.1) is 11.7 Å². The van der Waals surface area contributed by atoms with Crippen LogP contribution in [0.3, 0.4) is 0 Å². The quantitative estimate of drug-likeness (QED) is 0.842. The highest BCUT2D eigenvalue weighted by Gasteiger charge is 2.07. The van der Waals surface area contributed by atoms with Crippen LogP contribution in [0.4, 0.5) is 5.69 Å². The lowest BCUT2D eigenvalue weighted by Crippen LogP contribution is -2.31. The minimum Gasteiger partial charge on any atom is -0.354 e. The Balaban J connectivity index is 1.97. The van der Waals surface area contributed by atoms with Gasteiger partial charge in [-0.15, -0.1) is 0 Å². The van der Waals surface area contributed by atoms with Crippen molar-refractivity contribution in [3.63, 3.8) is 0 Å². The zero-order valence-electron chi connectivity index (χ0n) is 12.0. The third-order valence-electron chi connectivity index (χ3n) is 3.24. The van der Waals surface area contributed by atoms with Gasteiger partial charge in [-0.1, -0.05) is 12.1 Å². The number of hydrogen-bond donors (Lipinski definition) is 2. The Labute approximate surface area is 125 Å². The fourth-order valence-corrected chi connectivity index (χ4v) is 2.18. The Kier molecular flexibility index (Phi) is 4.69. The molecule has 3 nitrogen and oxygen atoms in total. The smallest absolute Gasteiger partial charge is 0.171 e. The molecule has 1 aromatic heterocycles. The summed E-state index contributed by atoms with van der Waals surface area (Å²) in [5, 5.41) is 7.04. The zero-order valence-corrected chi connectivity index (χ0v) is 12.8. The van der Waals surface area contributed by atoms with Gasteiger partial charge in [0.25, 0.3) is 0 Å². The van der Waals surface area contributed by atoms with Crippen molar-refractivity contribution in [2.45, 2.75) is 26.8 Å². The standard InChI is InChI=1S/C16H19N3S/c1-11-7-8-14(10-12(11)2)19-16(20)18-13(3)15-6-4-5-9-17-15/h4-10,13H,1-3H3,(H2,18,19,20)/t13-/m0/s1. The van der Waals surface area contributed by atoms with Crippen molar-refractivity contribution < 1.29 is 0 Å². The molecule has 1 aromatic carbocycles. The minimum atomic E-state index is 0.0720. The first-order valence-electron chi connectivity index (χ1n) is 6.62. The van der Waals surface area contributed by atoms with Crippen molar-refractivity contribution in [3.05, 3.63) is 59.4 Å². The average molecular weight is 285 g/mol. The van der Waals surface area contributed by atoms with Crippen LogP contribution in [-0.4, -0.2) is 10.1 Å². The third kappa shape index (κ3) is 3.78. The first-order chi connectivity index (χ1) is 9.56. The first kappa shape index (κ1) is 14.5. The van der Waals surface area contributed by atoms with Gasteiger partial charge in [0, 0.05) is 11.9 Å². The summed E-state index contributed by atoms with van der Waals surface area (Å²) in [6.45, 7) is 6.23. The van der Waals surface area contributed by atoms with Crippen molar-refractivity contribution in [3.8, 4) is 0 Å².